The summed E-state index contributed by atoms with van der Waals surface area (Å²) in [7, 11) is -4.04. The lowest BCUT2D eigenvalue weighted by molar-refractivity contribution is -0.384. The second-order valence-corrected chi connectivity index (χ2v) is 10.7. The van der Waals surface area contributed by atoms with Crippen molar-refractivity contribution < 1.29 is 27.3 Å². The SMILES string of the molecule is O=C(Nc1n[nH]c2ccc(S(=O)(=O)c3cccc(F)c3)cc12)c1ccc([N+](=O)[O-])cc1NC1CCOCC1. The average molecular weight is 540 g/mol. The summed E-state index contributed by atoms with van der Waals surface area (Å²) in [4.78, 5) is 23.8. The van der Waals surface area contributed by atoms with E-state index in [2.05, 4.69) is 20.8 Å². The van der Waals surface area contributed by atoms with Crippen molar-refractivity contribution in [2.75, 3.05) is 23.8 Å². The third kappa shape index (κ3) is 5.06. The third-order valence-electron chi connectivity index (χ3n) is 6.22. The molecule has 0 saturated carbocycles. The van der Waals surface area contributed by atoms with Gasteiger partial charge in [-0.05, 0) is 55.3 Å². The van der Waals surface area contributed by atoms with Gasteiger partial charge in [0.15, 0.2) is 5.82 Å². The van der Waals surface area contributed by atoms with Crippen LogP contribution in [0.15, 0.2) is 70.5 Å². The van der Waals surface area contributed by atoms with E-state index in [1.807, 2.05) is 0 Å². The predicted molar refractivity (Wildman–Crippen MR) is 136 cm³/mol. The van der Waals surface area contributed by atoms with Gasteiger partial charge in [0.05, 0.1) is 31.5 Å². The number of aromatic nitrogens is 2. The van der Waals surface area contributed by atoms with Crippen LogP contribution in [0.1, 0.15) is 23.2 Å². The second-order valence-electron chi connectivity index (χ2n) is 8.71. The molecule has 11 nitrogen and oxygen atoms in total. The van der Waals surface area contributed by atoms with Crippen LogP contribution in [0.3, 0.4) is 0 Å². The fourth-order valence-electron chi connectivity index (χ4n) is 4.23. The molecular formula is C25H22FN5O6S. The second kappa shape index (κ2) is 10.2. The summed E-state index contributed by atoms with van der Waals surface area (Å²) in [5.41, 5.74) is 0.732. The number of fused-ring (bicyclic) bond motifs is 1. The molecule has 196 valence electrons. The Morgan fingerprint density at radius 2 is 1.84 bits per heavy atom. The number of benzene rings is 3. The highest BCUT2D eigenvalue weighted by atomic mass is 32.2. The number of halogens is 1. The van der Waals surface area contributed by atoms with Gasteiger partial charge in [-0.1, -0.05) is 6.07 Å². The maximum atomic E-state index is 13.7. The van der Waals surface area contributed by atoms with Crippen molar-refractivity contribution in [3.63, 3.8) is 0 Å². The lowest BCUT2D eigenvalue weighted by Gasteiger charge is -2.25. The number of nitrogens with one attached hydrogen (secondary N) is 3. The molecule has 1 aliphatic rings. The first-order chi connectivity index (χ1) is 18.2. The summed E-state index contributed by atoms with van der Waals surface area (Å²) in [6.45, 7) is 1.07. The van der Waals surface area contributed by atoms with E-state index in [1.54, 1.807) is 0 Å². The molecule has 0 radical (unpaired) electrons. The Balaban J connectivity index is 1.46. The monoisotopic (exact) mass is 539 g/mol. The first kappa shape index (κ1) is 25.3. The van der Waals surface area contributed by atoms with Gasteiger partial charge in [-0.2, -0.15) is 5.10 Å². The van der Waals surface area contributed by atoms with E-state index in [-0.39, 0.29) is 38.6 Å². The molecule has 1 saturated heterocycles. The number of rotatable bonds is 7. The van der Waals surface area contributed by atoms with Crippen LogP contribution in [0.5, 0.6) is 0 Å². The summed E-state index contributed by atoms with van der Waals surface area (Å²) in [6.07, 6.45) is 1.35. The molecule has 4 aromatic rings. The number of ether oxygens (including phenoxy) is 1. The molecule has 2 heterocycles. The standard InChI is InChI=1S/C25H22FN5O6S/c26-15-2-1-3-18(12-15)38(35,36)19-5-7-22-21(14-19)24(30-29-22)28-25(32)20-6-4-17(31(33)34)13-23(20)27-16-8-10-37-11-9-16/h1-7,12-14,16,27H,8-11H2,(H2,28,29,30,32). The molecule has 0 unspecified atom stereocenters. The number of hydrogen-bond donors (Lipinski definition) is 3. The van der Waals surface area contributed by atoms with Gasteiger partial charge >= 0.3 is 0 Å². The molecule has 1 amide bonds. The number of carbonyl (C=O) groups excluding carboxylic acids is 1. The zero-order chi connectivity index (χ0) is 26.9. The van der Waals surface area contributed by atoms with Crippen molar-refractivity contribution in [1.82, 2.24) is 10.2 Å². The zero-order valence-electron chi connectivity index (χ0n) is 19.8. The maximum Gasteiger partial charge on any atom is 0.271 e. The summed E-state index contributed by atoms with van der Waals surface area (Å²) in [6, 6.07) is 12.7. The minimum atomic E-state index is -4.04. The Morgan fingerprint density at radius 3 is 2.58 bits per heavy atom. The van der Waals surface area contributed by atoms with E-state index in [1.165, 1.54) is 48.5 Å². The molecule has 3 aromatic carbocycles. The van der Waals surface area contributed by atoms with Gasteiger partial charge < -0.3 is 15.4 Å². The van der Waals surface area contributed by atoms with Crippen LogP contribution < -0.4 is 10.6 Å². The number of anilines is 2. The normalized spacial score (nSPS) is 14.3. The number of carbonyl (C=O) groups is 1. The molecular weight excluding hydrogens is 517 g/mol. The predicted octanol–water partition coefficient (Wildman–Crippen LogP) is 4.29. The number of nitrogens with zero attached hydrogens (tertiary/aromatic N) is 2. The van der Waals surface area contributed by atoms with E-state index in [4.69, 9.17) is 4.74 Å². The van der Waals surface area contributed by atoms with E-state index in [0.29, 0.717) is 37.0 Å². The number of aromatic amines is 1. The smallest absolute Gasteiger partial charge is 0.271 e. The molecule has 1 aromatic heterocycles. The molecule has 13 heteroatoms. The highest BCUT2D eigenvalue weighted by Crippen LogP contribution is 2.30. The van der Waals surface area contributed by atoms with Gasteiger partial charge in [0.25, 0.3) is 11.6 Å². The quantitative estimate of drug-likeness (QED) is 0.232. The van der Waals surface area contributed by atoms with E-state index < -0.39 is 26.5 Å². The van der Waals surface area contributed by atoms with Crippen LogP contribution in [0.4, 0.5) is 21.6 Å². The zero-order valence-corrected chi connectivity index (χ0v) is 20.6. The molecule has 38 heavy (non-hydrogen) atoms. The van der Waals surface area contributed by atoms with Crippen molar-refractivity contribution in [2.45, 2.75) is 28.7 Å². The highest BCUT2D eigenvalue weighted by Gasteiger charge is 2.23. The van der Waals surface area contributed by atoms with Crippen LogP contribution in [0.25, 0.3) is 10.9 Å². The first-order valence-corrected chi connectivity index (χ1v) is 13.1. The van der Waals surface area contributed by atoms with E-state index >= 15 is 0 Å². The molecule has 0 spiro atoms. The van der Waals surface area contributed by atoms with Crippen molar-refractivity contribution in [2.24, 2.45) is 0 Å². The third-order valence-corrected chi connectivity index (χ3v) is 7.97. The Morgan fingerprint density at radius 1 is 1.08 bits per heavy atom. The number of non-ortho nitro benzene ring substituents is 1. The molecule has 3 N–H and O–H groups in total. The lowest BCUT2D eigenvalue weighted by atomic mass is 10.1. The van der Waals surface area contributed by atoms with Crippen molar-refractivity contribution in [3.8, 4) is 0 Å². The number of nitro groups is 1. The Hall–Kier alpha value is -4.36. The van der Waals surface area contributed by atoms with E-state index in [0.717, 1.165) is 12.1 Å². The minimum Gasteiger partial charge on any atom is -0.381 e. The summed E-state index contributed by atoms with van der Waals surface area (Å²) in [5, 5.41) is 24.4. The molecule has 1 fully saturated rings. The maximum absolute atomic E-state index is 13.7. The van der Waals surface area contributed by atoms with Crippen LogP contribution in [0, 0.1) is 15.9 Å². The molecule has 1 aliphatic heterocycles. The fraction of sp³-hybridized carbons (Fsp3) is 0.200. The average Bonchev–Trinajstić information content (AvgIpc) is 3.31. The fourth-order valence-corrected chi connectivity index (χ4v) is 5.54. The van der Waals surface area contributed by atoms with Gasteiger partial charge in [-0.3, -0.25) is 20.0 Å². The lowest BCUT2D eigenvalue weighted by Crippen LogP contribution is -2.29. The van der Waals surface area contributed by atoms with Gasteiger partial charge in [-0.15, -0.1) is 0 Å². The van der Waals surface area contributed by atoms with Crippen LogP contribution in [0.2, 0.25) is 0 Å². The van der Waals surface area contributed by atoms with Crippen LogP contribution >= 0.6 is 0 Å². The van der Waals surface area contributed by atoms with Gasteiger partial charge in [0, 0.05) is 36.8 Å². The number of nitro benzene ring substituents is 1. The van der Waals surface area contributed by atoms with Crippen molar-refractivity contribution >= 4 is 43.8 Å². The van der Waals surface area contributed by atoms with Gasteiger partial charge in [0.1, 0.15) is 5.82 Å². The highest BCUT2D eigenvalue weighted by molar-refractivity contribution is 7.91. The molecule has 0 bridgehead atoms. The van der Waals surface area contributed by atoms with Crippen molar-refractivity contribution in [3.05, 3.63) is 82.2 Å². The Kier molecular flexibility index (Phi) is 6.78. The topological polar surface area (TPSA) is 156 Å². The van der Waals surface area contributed by atoms with E-state index in [9.17, 15) is 27.7 Å². The minimum absolute atomic E-state index is 0.0286. The summed E-state index contributed by atoms with van der Waals surface area (Å²) in [5.74, 6) is -1.21. The Labute approximate surface area is 216 Å². The number of H-pyrrole nitrogens is 1. The molecule has 0 aliphatic carbocycles. The molecule has 5 rings (SSSR count). The number of sulfone groups is 1. The number of hydrogen-bond acceptors (Lipinski definition) is 8. The van der Waals surface area contributed by atoms with Gasteiger partial charge in [0.2, 0.25) is 9.84 Å². The number of amides is 1. The molecule has 0 atom stereocenters. The van der Waals surface area contributed by atoms with Crippen molar-refractivity contribution in [1.29, 1.82) is 0 Å². The van der Waals surface area contributed by atoms with Gasteiger partial charge in [-0.25, -0.2) is 12.8 Å². The van der Waals surface area contributed by atoms with Crippen LogP contribution in [-0.4, -0.2) is 48.7 Å². The Bertz CT molecular complexity index is 1650. The summed E-state index contributed by atoms with van der Waals surface area (Å²) >= 11 is 0. The largest absolute Gasteiger partial charge is 0.381 e. The van der Waals surface area contributed by atoms with Crippen LogP contribution in [-0.2, 0) is 14.6 Å². The summed E-state index contributed by atoms with van der Waals surface area (Å²) < 4.78 is 45.2. The first-order valence-electron chi connectivity index (χ1n) is 11.7.